The highest BCUT2D eigenvalue weighted by Gasteiger charge is 2.04. The van der Waals surface area contributed by atoms with Crippen LogP contribution >= 0.6 is 11.6 Å². The van der Waals surface area contributed by atoms with Crippen LogP contribution in [0.5, 0.6) is 5.75 Å². The van der Waals surface area contributed by atoms with Gasteiger partial charge in [-0.2, -0.15) is 5.10 Å². The molecule has 0 aliphatic carbocycles. The van der Waals surface area contributed by atoms with Crippen LogP contribution in [0.1, 0.15) is 12.8 Å². The molecule has 86 valence electrons. The Hall–Kier alpha value is -1.42. The Bertz CT molecular complexity index is 469. The van der Waals surface area contributed by atoms with Gasteiger partial charge in [-0.05, 0) is 18.9 Å². The lowest BCUT2D eigenvalue weighted by molar-refractivity contribution is 0.311. The number of unbranched alkanes of at least 4 members (excludes halogenated alkanes) is 1. The molecule has 1 heterocycles. The molecule has 0 atom stereocenters. The number of aromatic nitrogens is 2. The minimum Gasteiger partial charge on any atom is -0.491 e. The van der Waals surface area contributed by atoms with Gasteiger partial charge in [0.1, 0.15) is 5.75 Å². The molecule has 5 heteroatoms. The predicted molar refractivity (Wildman–Crippen MR) is 66.0 cm³/mol. The number of alkyl halides is 1. The third-order valence-corrected chi connectivity index (χ3v) is 2.62. The van der Waals surface area contributed by atoms with E-state index in [-0.39, 0.29) is 0 Å². The minimum atomic E-state index is 0.635. The van der Waals surface area contributed by atoms with Crippen molar-refractivity contribution in [3.63, 3.8) is 0 Å². The summed E-state index contributed by atoms with van der Waals surface area (Å²) < 4.78 is 5.58. The molecular weight excluding hydrogens is 226 g/mol. The number of nitrogen functional groups attached to an aromatic ring is 1. The van der Waals surface area contributed by atoms with Crippen LogP contribution in [0.15, 0.2) is 18.3 Å². The Kier molecular flexibility index (Phi) is 3.51. The Labute approximate surface area is 98.7 Å². The van der Waals surface area contributed by atoms with E-state index in [9.17, 15) is 0 Å². The van der Waals surface area contributed by atoms with E-state index in [1.807, 2.05) is 12.1 Å². The number of anilines is 1. The van der Waals surface area contributed by atoms with E-state index in [0.717, 1.165) is 23.7 Å². The molecule has 0 amide bonds. The van der Waals surface area contributed by atoms with Gasteiger partial charge in [-0.1, -0.05) is 0 Å². The van der Waals surface area contributed by atoms with Crippen molar-refractivity contribution in [2.24, 2.45) is 0 Å². The van der Waals surface area contributed by atoms with Crippen LogP contribution in [0, 0.1) is 0 Å². The highest BCUT2D eigenvalue weighted by atomic mass is 35.5. The Morgan fingerprint density at radius 1 is 1.38 bits per heavy atom. The molecule has 0 saturated heterocycles. The second kappa shape index (κ2) is 5.07. The molecule has 0 radical (unpaired) electrons. The van der Waals surface area contributed by atoms with Crippen molar-refractivity contribution in [3.8, 4) is 5.75 Å². The lowest BCUT2D eigenvalue weighted by Crippen LogP contribution is -2.00. The summed E-state index contributed by atoms with van der Waals surface area (Å²) >= 11 is 5.58. The van der Waals surface area contributed by atoms with Crippen LogP contribution in [-0.4, -0.2) is 22.7 Å². The maximum absolute atomic E-state index is 5.87. The number of fused-ring (bicyclic) bond motifs is 1. The van der Waals surface area contributed by atoms with E-state index in [4.69, 9.17) is 22.1 Å². The van der Waals surface area contributed by atoms with E-state index in [0.29, 0.717) is 23.9 Å². The number of halogens is 1. The third-order valence-electron chi connectivity index (χ3n) is 2.36. The average Bonchev–Trinajstić information content (AvgIpc) is 2.71. The van der Waals surface area contributed by atoms with Crippen molar-refractivity contribution < 1.29 is 4.74 Å². The van der Waals surface area contributed by atoms with E-state index >= 15 is 0 Å². The Morgan fingerprint density at radius 2 is 2.25 bits per heavy atom. The van der Waals surface area contributed by atoms with E-state index < -0.39 is 0 Å². The number of rotatable bonds is 5. The molecule has 0 saturated carbocycles. The maximum Gasteiger partial charge on any atom is 0.144 e. The molecule has 4 nitrogen and oxygen atoms in total. The van der Waals surface area contributed by atoms with Gasteiger partial charge in [0.05, 0.1) is 24.0 Å². The van der Waals surface area contributed by atoms with Crippen molar-refractivity contribution in [2.75, 3.05) is 18.2 Å². The molecule has 3 N–H and O–H groups in total. The number of benzene rings is 1. The molecule has 2 rings (SSSR count). The lowest BCUT2D eigenvalue weighted by atomic mass is 10.2. The largest absolute Gasteiger partial charge is 0.491 e. The first-order chi connectivity index (χ1) is 7.81. The first-order valence-electron chi connectivity index (χ1n) is 5.22. The summed E-state index contributed by atoms with van der Waals surface area (Å²) in [5, 5.41) is 7.81. The monoisotopic (exact) mass is 239 g/mol. The van der Waals surface area contributed by atoms with Gasteiger partial charge in [0.2, 0.25) is 0 Å². The van der Waals surface area contributed by atoms with Crippen LogP contribution < -0.4 is 10.5 Å². The van der Waals surface area contributed by atoms with Crippen LogP contribution in [0.2, 0.25) is 0 Å². The topological polar surface area (TPSA) is 63.9 Å². The SMILES string of the molecule is Nc1cc2cn[nH]c2cc1OCCCCCl. The van der Waals surface area contributed by atoms with Crippen molar-refractivity contribution in [1.82, 2.24) is 10.2 Å². The van der Waals surface area contributed by atoms with Crippen molar-refractivity contribution in [2.45, 2.75) is 12.8 Å². The molecule has 2 aromatic rings. The van der Waals surface area contributed by atoms with Gasteiger partial charge in [-0.15, -0.1) is 11.6 Å². The van der Waals surface area contributed by atoms with E-state index in [1.165, 1.54) is 0 Å². The summed E-state index contributed by atoms with van der Waals surface area (Å²) in [7, 11) is 0. The van der Waals surface area contributed by atoms with Crippen LogP contribution in [0.4, 0.5) is 5.69 Å². The normalized spacial score (nSPS) is 10.8. The zero-order chi connectivity index (χ0) is 11.4. The Balaban J connectivity index is 2.07. The molecule has 0 aliphatic rings. The van der Waals surface area contributed by atoms with Gasteiger partial charge in [-0.3, -0.25) is 5.10 Å². The number of nitrogens with one attached hydrogen (secondary N) is 1. The van der Waals surface area contributed by atoms with E-state index in [1.54, 1.807) is 6.20 Å². The van der Waals surface area contributed by atoms with Crippen LogP contribution in [0.3, 0.4) is 0 Å². The standard InChI is InChI=1S/C11H14ClN3O/c12-3-1-2-4-16-11-6-10-8(5-9(11)13)7-14-15-10/h5-7H,1-4,13H2,(H,14,15). The molecule has 1 aromatic carbocycles. The maximum atomic E-state index is 5.87. The smallest absolute Gasteiger partial charge is 0.144 e. The van der Waals surface area contributed by atoms with Gasteiger partial charge < -0.3 is 10.5 Å². The summed E-state index contributed by atoms with van der Waals surface area (Å²) in [5.74, 6) is 1.37. The Morgan fingerprint density at radius 3 is 3.06 bits per heavy atom. The summed E-state index contributed by atoms with van der Waals surface area (Å²) in [4.78, 5) is 0. The average molecular weight is 240 g/mol. The minimum absolute atomic E-state index is 0.635. The summed E-state index contributed by atoms with van der Waals surface area (Å²) in [6, 6.07) is 3.73. The van der Waals surface area contributed by atoms with Crippen LogP contribution in [-0.2, 0) is 0 Å². The van der Waals surface area contributed by atoms with Gasteiger partial charge >= 0.3 is 0 Å². The number of hydrogen-bond donors (Lipinski definition) is 2. The highest BCUT2D eigenvalue weighted by Crippen LogP contribution is 2.26. The molecule has 0 bridgehead atoms. The van der Waals surface area contributed by atoms with Crippen molar-refractivity contribution >= 4 is 28.2 Å². The fraction of sp³-hybridized carbons (Fsp3) is 0.364. The van der Waals surface area contributed by atoms with E-state index in [2.05, 4.69) is 10.2 Å². The predicted octanol–water partition coefficient (Wildman–Crippen LogP) is 2.54. The first-order valence-corrected chi connectivity index (χ1v) is 5.76. The molecular formula is C11H14ClN3O. The van der Waals surface area contributed by atoms with Crippen molar-refractivity contribution in [3.05, 3.63) is 18.3 Å². The summed E-state index contributed by atoms with van der Waals surface area (Å²) in [6.45, 7) is 0.635. The fourth-order valence-electron chi connectivity index (χ4n) is 1.49. The zero-order valence-electron chi connectivity index (χ0n) is 8.87. The number of H-pyrrole nitrogens is 1. The molecule has 16 heavy (non-hydrogen) atoms. The number of nitrogens with two attached hydrogens (primary N) is 1. The van der Waals surface area contributed by atoms with Crippen LogP contribution in [0.25, 0.3) is 10.9 Å². The summed E-state index contributed by atoms with van der Waals surface area (Å²) in [5.41, 5.74) is 7.44. The number of ether oxygens (including phenoxy) is 1. The molecule has 1 aromatic heterocycles. The van der Waals surface area contributed by atoms with Crippen molar-refractivity contribution in [1.29, 1.82) is 0 Å². The quantitative estimate of drug-likeness (QED) is 0.479. The molecule has 0 spiro atoms. The number of hydrogen-bond acceptors (Lipinski definition) is 3. The number of aromatic amines is 1. The molecule has 0 fully saturated rings. The highest BCUT2D eigenvalue weighted by molar-refractivity contribution is 6.17. The first kappa shape index (κ1) is 11.1. The van der Waals surface area contributed by atoms with Gasteiger partial charge in [-0.25, -0.2) is 0 Å². The fourth-order valence-corrected chi connectivity index (χ4v) is 1.68. The number of nitrogens with zero attached hydrogens (tertiary/aromatic N) is 1. The summed E-state index contributed by atoms with van der Waals surface area (Å²) in [6.07, 6.45) is 3.63. The second-order valence-electron chi connectivity index (χ2n) is 3.59. The zero-order valence-corrected chi connectivity index (χ0v) is 9.63. The molecule has 0 unspecified atom stereocenters. The lowest BCUT2D eigenvalue weighted by Gasteiger charge is -2.08. The molecule has 0 aliphatic heterocycles. The third kappa shape index (κ3) is 2.39. The second-order valence-corrected chi connectivity index (χ2v) is 3.97. The van der Waals surface area contributed by atoms with Gasteiger partial charge in [0.15, 0.2) is 0 Å². The van der Waals surface area contributed by atoms with Gasteiger partial charge in [0, 0.05) is 17.3 Å². The van der Waals surface area contributed by atoms with Gasteiger partial charge in [0.25, 0.3) is 0 Å².